The summed E-state index contributed by atoms with van der Waals surface area (Å²) in [7, 11) is -3.47. The third kappa shape index (κ3) is 6.00. The molecule has 11 heteroatoms. The highest BCUT2D eigenvalue weighted by Gasteiger charge is 2.67. The molecule has 2 fully saturated rings. The number of benzene rings is 3. The van der Waals surface area contributed by atoms with Gasteiger partial charge in [0.05, 0.1) is 43.4 Å². The van der Waals surface area contributed by atoms with E-state index in [0.29, 0.717) is 29.9 Å². The van der Waals surface area contributed by atoms with Crippen molar-refractivity contribution in [3.05, 3.63) is 95.1 Å². The summed E-state index contributed by atoms with van der Waals surface area (Å²) in [5, 5.41) is 16.4. The lowest BCUT2D eigenvalue weighted by molar-refractivity contribution is -0.151. The van der Waals surface area contributed by atoms with Crippen molar-refractivity contribution in [3.8, 4) is 0 Å². The van der Waals surface area contributed by atoms with Gasteiger partial charge in [-0.25, -0.2) is 0 Å². The van der Waals surface area contributed by atoms with Gasteiger partial charge in [0.25, 0.3) is 5.91 Å². The number of carbonyl (C=O) groups is 3. The van der Waals surface area contributed by atoms with Crippen LogP contribution in [-0.2, 0) is 44.2 Å². The van der Waals surface area contributed by atoms with Crippen LogP contribution >= 0.6 is 0 Å². The predicted octanol–water partition coefficient (Wildman–Crippen LogP) is 5.03. The van der Waals surface area contributed by atoms with Gasteiger partial charge in [0.15, 0.2) is 5.60 Å². The number of nitrogens with zero attached hydrogens (tertiary/aromatic N) is 2. The van der Waals surface area contributed by atoms with Crippen LogP contribution in [0.3, 0.4) is 0 Å². The number of aliphatic hydroxyl groups is 1. The standard InChI is InChI=1S/C38H45FN4O5Si/c1-24-35(49(2,3)39)33(20-34(45)42-22-27-10-5-4-9-26(27)19-29(42)23-44)48-38(24)30-11-6-7-13-32(30)43(37(38)47)21-25-14-16-28(17-15-25)41-36(46)31-12-8-18-40-31/h4-7,9-11,13-17,24,29,31,33,35,40,44H,8,12,18-23H2,1-3H3,(H,41,46)/t24-,29-,31+,33+,35-,38+/m0/s1. The number of ether oxygens (including phenoxy) is 1. The van der Waals surface area contributed by atoms with Gasteiger partial charge >= 0.3 is 0 Å². The SMILES string of the molecule is C[C@H]1[C@H]([Si](C)(C)F)[C@@H](CC(=O)N2Cc3ccccc3C[C@H]2CO)O[C@]12C(=O)N(Cc1ccc(NC(=O)[C@H]3CCCN3)cc1)c1ccccc12. The Bertz CT molecular complexity index is 1740. The summed E-state index contributed by atoms with van der Waals surface area (Å²) in [5.41, 5.74) is 3.05. The van der Waals surface area contributed by atoms with E-state index in [1.807, 2.05) is 79.7 Å². The Kier molecular flexibility index (Phi) is 8.97. The maximum absolute atomic E-state index is 16.4. The van der Waals surface area contributed by atoms with Crippen molar-refractivity contribution in [1.29, 1.82) is 0 Å². The predicted molar refractivity (Wildman–Crippen MR) is 188 cm³/mol. The summed E-state index contributed by atoms with van der Waals surface area (Å²) in [5.74, 6) is -1.04. The van der Waals surface area contributed by atoms with E-state index >= 15 is 4.11 Å². The molecule has 49 heavy (non-hydrogen) atoms. The van der Waals surface area contributed by atoms with Gasteiger partial charge in [0.2, 0.25) is 20.2 Å². The fraction of sp³-hybridized carbons (Fsp3) is 0.447. The Labute approximate surface area is 288 Å². The second-order valence-corrected chi connectivity index (χ2v) is 18.3. The largest absolute Gasteiger partial charge is 0.394 e. The number of amides is 3. The zero-order valence-electron chi connectivity index (χ0n) is 28.3. The first-order valence-electron chi connectivity index (χ1n) is 17.4. The summed E-state index contributed by atoms with van der Waals surface area (Å²) in [6.07, 6.45) is 1.46. The lowest BCUT2D eigenvalue weighted by atomic mass is 9.82. The lowest BCUT2D eigenvalue weighted by Gasteiger charge is -2.37. The Hall–Kier alpha value is -3.90. The first kappa shape index (κ1) is 33.6. The topological polar surface area (TPSA) is 111 Å². The zero-order chi connectivity index (χ0) is 34.5. The van der Waals surface area contributed by atoms with Crippen LogP contribution < -0.4 is 15.5 Å². The van der Waals surface area contributed by atoms with Gasteiger partial charge in [0, 0.05) is 29.3 Å². The summed E-state index contributed by atoms with van der Waals surface area (Å²) < 4.78 is 23.2. The highest BCUT2D eigenvalue weighted by molar-refractivity contribution is 6.72. The minimum atomic E-state index is -3.47. The normalized spacial score (nSPS) is 27.8. The van der Waals surface area contributed by atoms with Gasteiger partial charge in [-0.15, -0.1) is 0 Å². The number of fused-ring (bicyclic) bond motifs is 3. The second kappa shape index (κ2) is 13.1. The van der Waals surface area contributed by atoms with Crippen molar-refractivity contribution in [2.45, 2.75) is 88.1 Å². The van der Waals surface area contributed by atoms with E-state index in [4.69, 9.17) is 4.74 Å². The number of aliphatic hydroxyl groups excluding tert-OH is 1. The first-order chi connectivity index (χ1) is 23.5. The molecule has 0 radical (unpaired) electrons. The van der Waals surface area contributed by atoms with Gasteiger partial charge in [-0.1, -0.05) is 61.5 Å². The van der Waals surface area contributed by atoms with Crippen molar-refractivity contribution in [1.82, 2.24) is 10.2 Å². The third-order valence-corrected chi connectivity index (χ3v) is 13.5. The molecule has 0 bridgehead atoms. The smallest absolute Gasteiger partial charge is 0.264 e. The van der Waals surface area contributed by atoms with E-state index in [0.717, 1.165) is 36.1 Å². The quantitative estimate of drug-likeness (QED) is 0.227. The number of para-hydroxylation sites is 1. The molecule has 258 valence electrons. The fourth-order valence-corrected chi connectivity index (χ4v) is 11.2. The maximum Gasteiger partial charge on any atom is 0.264 e. The highest BCUT2D eigenvalue weighted by Crippen LogP contribution is 2.60. The molecule has 0 aliphatic carbocycles. The summed E-state index contributed by atoms with van der Waals surface area (Å²) in [4.78, 5) is 44.7. The summed E-state index contributed by atoms with van der Waals surface area (Å²) >= 11 is 0. The monoisotopic (exact) mass is 684 g/mol. The van der Waals surface area contributed by atoms with Gasteiger partial charge in [-0.2, -0.15) is 0 Å². The Morgan fingerprint density at radius 2 is 1.78 bits per heavy atom. The molecule has 9 nitrogen and oxygen atoms in total. The van der Waals surface area contributed by atoms with Crippen molar-refractivity contribution in [3.63, 3.8) is 0 Å². The van der Waals surface area contributed by atoms with E-state index in [1.165, 1.54) is 0 Å². The number of carbonyl (C=O) groups excluding carboxylic acids is 3. The Morgan fingerprint density at radius 3 is 2.47 bits per heavy atom. The highest BCUT2D eigenvalue weighted by atomic mass is 28.4. The molecule has 3 amide bonds. The molecule has 7 rings (SSSR count). The molecule has 0 saturated carbocycles. The molecule has 0 aromatic heterocycles. The second-order valence-electron chi connectivity index (χ2n) is 14.5. The molecule has 1 spiro atoms. The van der Waals surface area contributed by atoms with Gasteiger partial charge in [-0.3, -0.25) is 14.4 Å². The van der Waals surface area contributed by atoms with Crippen molar-refractivity contribution in [2.24, 2.45) is 5.92 Å². The van der Waals surface area contributed by atoms with Crippen LogP contribution in [-0.4, -0.2) is 67.5 Å². The average Bonchev–Trinajstić information content (AvgIpc) is 3.79. The molecular formula is C38H45FN4O5Si. The third-order valence-electron chi connectivity index (χ3n) is 11.1. The van der Waals surface area contributed by atoms with Gasteiger partial charge in [-0.05, 0) is 73.8 Å². The van der Waals surface area contributed by atoms with Crippen LogP contribution in [0.1, 0.15) is 48.4 Å². The maximum atomic E-state index is 16.4. The van der Waals surface area contributed by atoms with Crippen LogP contribution in [0.4, 0.5) is 15.5 Å². The molecular weight excluding hydrogens is 640 g/mol. The van der Waals surface area contributed by atoms with E-state index in [1.54, 1.807) is 22.9 Å². The average molecular weight is 685 g/mol. The number of hydrogen-bond donors (Lipinski definition) is 3. The number of anilines is 2. The molecule has 6 atom stereocenters. The number of nitrogens with one attached hydrogen (secondary N) is 2. The molecule has 0 unspecified atom stereocenters. The molecule has 3 N–H and O–H groups in total. The van der Waals surface area contributed by atoms with Crippen molar-refractivity contribution >= 4 is 37.5 Å². The van der Waals surface area contributed by atoms with Crippen LogP contribution in [0.15, 0.2) is 72.8 Å². The van der Waals surface area contributed by atoms with E-state index < -0.39 is 31.6 Å². The molecule has 2 saturated heterocycles. The minimum absolute atomic E-state index is 0.0536. The summed E-state index contributed by atoms with van der Waals surface area (Å²) in [6, 6.07) is 22.3. The van der Waals surface area contributed by atoms with E-state index in [-0.39, 0.29) is 49.4 Å². The minimum Gasteiger partial charge on any atom is -0.394 e. The Balaban J connectivity index is 1.14. The van der Waals surface area contributed by atoms with Crippen LogP contribution in [0.25, 0.3) is 0 Å². The molecule has 4 heterocycles. The van der Waals surface area contributed by atoms with E-state index in [2.05, 4.69) is 10.6 Å². The number of rotatable bonds is 8. The molecule has 4 aliphatic heterocycles. The first-order valence-corrected chi connectivity index (χ1v) is 20.3. The van der Waals surface area contributed by atoms with Gasteiger partial charge in [0.1, 0.15) is 0 Å². The number of halogens is 1. The van der Waals surface area contributed by atoms with Crippen LogP contribution in [0.5, 0.6) is 0 Å². The number of hydrogen-bond acceptors (Lipinski definition) is 6. The van der Waals surface area contributed by atoms with E-state index in [9.17, 15) is 19.5 Å². The van der Waals surface area contributed by atoms with Crippen LogP contribution in [0.2, 0.25) is 18.6 Å². The van der Waals surface area contributed by atoms with Crippen molar-refractivity contribution < 1.29 is 28.3 Å². The zero-order valence-corrected chi connectivity index (χ0v) is 29.3. The summed E-state index contributed by atoms with van der Waals surface area (Å²) in [6.45, 7) is 6.46. The van der Waals surface area contributed by atoms with Crippen molar-refractivity contribution in [2.75, 3.05) is 23.4 Å². The van der Waals surface area contributed by atoms with Crippen LogP contribution in [0, 0.1) is 5.92 Å². The van der Waals surface area contributed by atoms with Gasteiger partial charge < -0.3 is 34.4 Å². The molecule has 3 aromatic carbocycles. The lowest BCUT2D eigenvalue weighted by Crippen LogP contribution is -2.48. The Morgan fingerprint density at radius 1 is 1.06 bits per heavy atom. The fourth-order valence-electron chi connectivity index (χ4n) is 8.70. The molecule has 4 aliphatic rings. The molecule has 3 aromatic rings.